The lowest BCUT2D eigenvalue weighted by atomic mass is 10.00. The van der Waals surface area contributed by atoms with Crippen LogP contribution in [0.5, 0.6) is 5.75 Å². The minimum atomic E-state index is -0.215. The average Bonchev–Trinajstić information content (AvgIpc) is 3.52. The third kappa shape index (κ3) is 4.20. The first-order valence-electron chi connectivity index (χ1n) is 11.8. The van der Waals surface area contributed by atoms with E-state index in [-0.39, 0.29) is 24.1 Å². The van der Waals surface area contributed by atoms with Crippen LogP contribution in [0.15, 0.2) is 18.5 Å². The summed E-state index contributed by atoms with van der Waals surface area (Å²) in [7, 11) is 0. The smallest absolute Gasteiger partial charge is 0.410 e. The highest BCUT2D eigenvalue weighted by Crippen LogP contribution is 2.43. The molecule has 2 N–H and O–H groups in total. The molecule has 3 atom stereocenters. The van der Waals surface area contributed by atoms with Gasteiger partial charge in [-0.05, 0) is 60.3 Å². The van der Waals surface area contributed by atoms with E-state index in [0.29, 0.717) is 37.0 Å². The Morgan fingerprint density at radius 1 is 1.36 bits per heavy atom. The highest BCUT2D eigenvalue weighted by molar-refractivity contribution is 14.1. The summed E-state index contributed by atoms with van der Waals surface area (Å²) < 4.78 is 12.7. The Bertz CT molecular complexity index is 1060. The zero-order valence-electron chi connectivity index (χ0n) is 18.7. The van der Waals surface area contributed by atoms with E-state index in [0.717, 1.165) is 59.0 Å². The quantitative estimate of drug-likeness (QED) is 0.390. The van der Waals surface area contributed by atoms with Crippen molar-refractivity contribution in [3.05, 3.63) is 33.3 Å². The Morgan fingerprint density at radius 2 is 2.24 bits per heavy atom. The molecule has 2 bridgehead atoms. The minimum Gasteiger partial charge on any atom is -0.489 e. The highest BCUT2D eigenvalue weighted by atomic mass is 127. The number of pyridine rings is 1. The number of aromatic nitrogens is 2. The number of fused-ring (bicyclic) bond motifs is 3. The van der Waals surface area contributed by atoms with Crippen LogP contribution in [-0.2, 0) is 11.2 Å². The molecule has 3 unspecified atom stereocenters. The molecule has 4 heterocycles. The van der Waals surface area contributed by atoms with Crippen molar-refractivity contribution in [2.24, 2.45) is 5.92 Å². The summed E-state index contributed by atoms with van der Waals surface area (Å²) in [6, 6.07) is 2.16. The molecule has 176 valence electrons. The second-order valence-electron chi connectivity index (χ2n) is 9.03. The van der Waals surface area contributed by atoms with E-state index in [1.54, 1.807) is 12.4 Å². The number of likely N-dealkylation sites (tertiary alicyclic amines) is 1. The number of amides is 2. The fourth-order valence-electron chi connectivity index (χ4n) is 5.37. The number of carbonyl (C=O) groups excluding carboxylic acids is 2. The Labute approximate surface area is 206 Å². The van der Waals surface area contributed by atoms with Crippen molar-refractivity contribution in [1.29, 1.82) is 0 Å². The van der Waals surface area contributed by atoms with Crippen molar-refractivity contribution in [3.63, 3.8) is 0 Å². The van der Waals surface area contributed by atoms with Gasteiger partial charge in [0.1, 0.15) is 12.4 Å². The lowest BCUT2D eigenvalue weighted by Crippen LogP contribution is -2.48. The number of hydrogen-bond acceptors (Lipinski definition) is 5. The Balaban J connectivity index is 1.35. The maximum absolute atomic E-state index is 12.8. The van der Waals surface area contributed by atoms with E-state index in [1.165, 1.54) is 0 Å². The molecule has 9 heteroatoms. The summed E-state index contributed by atoms with van der Waals surface area (Å²) >= 11 is 2.23. The SMILES string of the molecule is CCCCOC(=O)N1C2CCC(C2)C1COc1cnccc1-c1[nH]c2c(c1I)C(=O)NCC2. The van der Waals surface area contributed by atoms with Crippen molar-refractivity contribution in [1.82, 2.24) is 20.2 Å². The lowest BCUT2D eigenvalue weighted by molar-refractivity contribution is 0.0538. The number of ether oxygens (including phenoxy) is 2. The first-order valence-corrected chi connectivity index (χ1v) is 12.9. The Kier molecular flexibility index (Phi) is 6.49. The molecule has 0 radical (unpaired) electrons. The summed E-state index contributed by atoms with van der Waals surface area (Å²) in [5, 5.41) is 2.91. The predicted octanol–water partition coefficient (Wildman–Crippen LogP) is 4.14. The summed E-state index contributed by atoms with van der Waals surface area (Å²) in [5.41, 5.74) is 3.42. The van der Waals surface area contributed by atoms with Crippen LogP contribution < -0.4 is 10.1 Å². The zero-order valence-corrected chi connectivity index (χ0v) is 20.9. The molecule has 3 aliphatic rings. The molecule has 5 rings (SSSR count). The molecule has 2 fully saturated rings. The Hall–Kier alpha value is -2.30. The second kappa shape index (κ2) is 9.52. The van der Waals surface area contributed by atoms with Crippen molar-refractivity contribution in [2.75, 3.05) is 19.8 Å². The van der Waals surface area contributed by atoms with E-state index in [9.17, 15) is 9.59 Å². The molecule has 0 spiro atoms. The monoisotopic (exact) mass is 564 g/mol. The number of nitrogens with zero attached hydrogens (tertiary/aromatic N) is 2. The summed E-state index contributed by atoms with van der Waals surface area (Å²) in [6.45, 7) is 3.59. The van der Waals surface area contributed by atoms with Gasteiger partial charge in [-0.2, -0.15) is 0 Å². The number of unbranched alkanes of at least 4 members (excludes halogenated alkanes) is 1. The van der Waals surface area contributed by atoms with Crippen LogP contribution in [-0.4, -0.2) is 58.7 Å². The largest absolute Gasteiger partial charge is 0.489 e. The van der Waals surface area contributed by atoms with Crippen LogP contribution in [0.2, 0.25) is 0 Å². The molecule has 2 amide bonds. The maximum atomic E-state index is 12.8. The second-order valence-corrected chi connectivity index (χ2v) is 10.1. The standard InChI is InChI=1S/C24H29IN4O4/c1-2-3-10-32-24(31)29-15-5-4-14(11-15)18(29)13-33-19-12-26-8-6-16(19)22-21(25)20-17(28-22)7-9-27-23(20)30/h6,8,12,14-15,18,28H,2-5,7,9-11,13H2,1H3,(H,27,30). The summed E-state index contributed by atoms with van der Waals surface area (Å²) in [6.07, 6.45) is 9.06. The number of halogens is 1. The molecule has 2 aromatic rings. The van der Waals surface area contributed by atoms with Crippen molar-refractivity contribution in [3.8, 4) is 17.0 Å². The first-order chi connectivity index (χ1) is 16.1. The van der Waals surface area contributed by atoms with E-state index in [4.69, 9.17) is 9.47 Å². The van der Waals surface area contributed by atoms with Crippen LogP contribution >= 0.6 is 22.6 Å². The molecule has 1 saturated carbocycles. The van der Waals surface area contributed by atoms with E-state index in [1.807, 2.05) is 11.0 Å². The van der Waals surface area contributed by atoms with Gasteiger partial charge in [0, 0.05) is 36.5 Å². The normalized spacial score (nSPS) is 23.4. The first kappa shape index (κ1) is 22.5. The number of piperidine rings is 1. The molecular weight excluding hydrogens is 535 g/mol. The maximum Gasteiger partial charge on any atom is 0.410 e. The predicted molar refractivity (Wildman–Crippen MR) is 131 cm³/mol. The van der Waals surface area contributed by atoms with Gasteiger partial charge in [0.25, 0.3) is 5.91 Å². The average molecular weight is 564 g/mol. The van der Waals surface area contributed by atoms with Gasteiger partial charge < -0.3 is 19.8 Å². The van der Waals surface area contributed by atoms with Crippen LogP contribution in [0.4, 0.5) is 4.79 Å². The van der Waals surface area contributed by atoms with Gasteiger partial charge in [0.2, 0.25) is 0 Å². The van der Waals surface area contributed by atoms with Gasteiger partial charge in [0.15, 0.2) is 0 Å². The van der Waals surface area contributed by atoms with Gasteiger partial charge >= 0.3 is 6.09 Å². The number of H-pyrrole nitrogens is 1. The van der Waals surface area contributed by atoms with Gasteiger partial charge in [-0.3, -0.25) is 14.7 Å². The van der Waals surface area contributed by atoms with Gasteiger partial charge in [-0.1, -0.05) is 13.3 Å². The number of aromatic amines is 1. The molecule has 2 aromatic heterocycles. The van der Waals surface area contributed by atoms with Crippen molar-refractivity contribution in [2.45, 2.75) is 57.5 Å². The highest BCUT2D eigenvalue weighted by Gasteiger charge is 2.49. The van der Waals surface area contributed by atoms with Crippen molar-refractivity contribution >= 4 is 34.6 Å². The Morgan fingerprint density at radius 3 is 3.06 bits per heavy atom. The minimum absolute atomic E-state index is 0.00706. The van der Waals surface area contributed by atoms with Gasteiger partial charge in [0.05, 0.1) is 33.7 Å². The molecule has 8 nitrogen and oxygen atoms in total. The van der Waals surface area contributed by atoms with Crippen molar-refractivity contribution < 1.29 is 19.1 Å². The molecule has 33 heavy (non-hydrogen) atoms. The lowest BCUT2D eigenvalue weighted by Gasteiger charge is -2.34. The zero-order chi connectivity index (χ0) is 22.9. The topological polar surface area (TPSA) is 96.5 Å². The molecular formula is C24H29IN4O4. The molecule has 0 aromatic carbocycles. The summed E-state index contributed by atoms with van der Waals surface area (Å²) in [5.74, 6) is 1.05. The number of carbonyl (C=O) groups is 2. The molecule has 1 saturated heterocycles. The van der Waals surface area contributed by atoms with Crippen LogP contribution in [0, 0.1) is 9.49 Å². The van der Waals surface area contributed by atoms with E-state index < -0.39 is 0 Å². The van der Waals surface area contributed by atoms with Gasteiger partial charge in [-0.25, -0.2) is 4.79 Å². The fraction of sp³-hybridized carbons (Fsp3) is 0.542. The molecule has 1 aliphatic carbocycles. The van der Waals surface area contributed by atoms with Gasteiger partial charge in [-0.15, -0.1) is 0 Å². The van der Waals surface area contributed by atoms with Crippen LogP contribution in [0.1, 0.15) is 55.1 Å². The van der Waals surface area contributed by atoms with E-state index in [2.05, 4.69) is 44.8 Å². The third-order valence-electron chi connectivity index (χ3n) is 7.04. The third-order valence-corrected chi connectivity index (χ3v) is 8.12. The van der Waals surface area contributed by atoms with Crippen LogP contribution in [0.25, 0.3) is 11.3 Å². The summed E-state index contributed by atoms with van der Waals surface area (Å²) in [4.78, 5) is 34.8. The van der Waals surface area contributed by atoms with Crippen LogP contribution in [0.3, 0.4) is 0 Å². The number of nitrogens with one attached hydrogen (secondary N) is 2. The van der Waals surface area contributed by atoms with E-state index >= 15 is 0 Å². The number of hydrogen-bond donors (Lipinski definition) is 2. The fourth-order valence-corrected chi connectivity index (χ4v) is 6.37. The number of rotatable bonds is 7. The molecule has 2 aliphatic heterocycles.